The van der Waals surface area contributed by atoms with Crippen molar-refractivity contribution in [2.75, 3.05) is 12.3 Å². The molecule has 0 amide bonds. The number of benzene rings is 1. The predicted octanol–water partition coefficient (Wildman–Crippen LogP) is 3.57. The number of rotatable bonds is 4. The van der Waals surface area contributed by atoms with Gasteiger partial charge in [-0.1, -0.05) is 15.9 Å². The maximum absolute atomic E-state index is 13.4. The summed E-state index contributed by atoms with van der Waals surface area (Å²) in [6.07, 6.45) is 2.61. The van der Waals surface area contributed by atoms with Crippen molar-refractivity contribution in [3.63, 3.8) is 0 Å². The summed E-state index contributed by atoms with van der Waals surface area (Å²) in [4.78, 5) is 0. The predicted molar refractivity (Wildman–Crippen MR) is 71.3 cm³/mol. The molecule has 1 fully saturated rings. The van der Waals surface area contributed by atoms with Crippen molar-refractivity contribution in [1.82, 2.24) is 5.32 Å². The Balaban J connectivity index is 1.82. The lowest BCUT2D eigenvalue weighted by molar-refractivity contribution is 0.581. The fraction of sp³-hybridized carbons (Fsp3) is 0.500. The summed E-state index contributed by atoms with van der Waals surface area (Å²) in [6, 6.07) is 5.07. The maximum atomic E-state index is 13.4. The molecule has 88 valence electrons. The minimum absolute atomic E-state index is 0.130. The third-order valence-electron chi connectivity index (χ3n) is 2.72. The van der Waals surface area contributed by atoms with Crippen molar-refractivity contribution in [2.45, 2.75) is 24.6 Å². The number of hydrogen-bond acceptors (Lipinski definition) is 2. The quantitative estimate of drug-likeness (QED) is 0.912. The molecule has 1 nitrogen and oxygen atoms in total. The second-order valence-corrected chi connectivity index (χ2v) is 6.33. The van der Waals surface area contributed by atoms with E-state index in [1.165, 1.54) is 24.7 Å². The molecule has 1 aliphatic heterocycles. The molecular weight excluding hydrogens is 289 g/mol. The third-order valence-corrected chi connectivity index (χ3v) is 4.61. The Labute approximate surface area is 108 Å². The summed E-state index contributed by atoms with van der Waals surface area (Å²) in [5.74, 6) is 1.15. The molecule has 0 saturated carbocycles. The van der Waals surface area contributed by atoms with Crippen LogP contribution in [-0.4, -0.2) is 17.5 Å². The van der Waals surface area contributed by atoms with Crippen molar-refractivity contribution < 1.29 is 4.39 Å². The Morgan fingerprint density at radius 1 is 1.50 bits per heavy atom. The highest BCUT2D eigenvalue weighted by atomic mass is 79.9. The van der Waals surface area contributed by atoms with Gasteiger partial charge < -0.3 is 5.32 Å². The molecule has 1 aliphatic rings. The zero-order chi connectivity index (χ0) is 11.4. The van der Waals surface area contributed by atoms with Gasteiger partial charge in [-0.15, -0.1) is 0 Å². The van der Waals surface area contributed by atoms with E-state index in [2.05, 4.69) is 21.2 Å². The first-order valence-electron chi connectivity index (χ1n) is 5.52. The molecule has 4 heteroatoms. The zero-order valence-electron chi connectivity index (χ0n) is 9.01. The standard InChI is InChI=1S/C12H15BrFNS/c13-10-3-4-12(14)9(6-10)7-15-8-11-2-1-5-16-11/h3-4,6,11,15H,1-2,5,7-8H2. The highest BCUT2D eigenvalue weighted by molar-refractivity contribution is 9.10. The van der Waals surface area contributed by atoms with Gasteiger partial charge in [0.25, 0.3) is 0 Å². The molecule has 0 spiro atoms. The summed E-state index contributed by atoms with van der Waals surface area (Å²) in [5.41, 5.74) is 0.734. The average Bonchev–Trinajstić information content (AvgIpc) is 2.76. The van der Waals surface area contributed by atoms with Crippen LogP contribution in [0.4, 0.5) is 4.39 Å². The van der Waals surface area contributed by atoms with Gasteiger partial charge in [0.2, 0.25) is 0 Å². The molecule has 0 radical (unpaired) electrons. The normalized spacial score (nSPS) is 20.2. The van der Waals surface area contributed by atoms with E-state index >= 15 is 0 Å². The van der Waals surface area contributed by atoms with Crippen LogP contribution in [0.25, 0.3) is 0 Å². The molecule has 0 bridgehead atoms. The number of hydrogen-bond donors (Lipinski definition) is 1. The first kappa shape index (κ1) is 12.4. The molecule has 1 aromatic carbocycles. The Morgan fingerprint density at radius 3 is 3.12 bits per heavy atom. The molecule has 2 rings (SSSR count). The summed E-state index contributed by atoms with van der Waals surface area (Å²) in [6.45, 7) is 1.60. The second kappa shape index (κ2) is 6.03. The van der Waals surface area contributed by atoms with Crippen LogP contribution < -0.4 is 5.32 Å². The van der Waals surface area contributed by atoms with Crippen molar-refractivity contribution in [3.05, 3.63) is 34.1 Å². The lowest BCUT2D eigenvalue weighted by atomic mass is 10.2. The first-order valence-corrected chi connectivity index (χ1v) is 7.36. The van der Waals surface area contributed by atoms with Crippen molar-refractivity contribution in [3.8, 4) is 0 Å². The van der Waals surface area contributed by atoms with Gasteiger partial charge in [-0.2, -0.15) is 11.8 Å². The van der Waals surface area contributed by atoms with Crippen LogP contribution in [0, 0.1) is 5.82 Å². The molecule has 16 heavy (non-hydrogen) atoms. The van der Waals surface area contributed by atoms with Gasteiger partial charge in [0, 0.05) is 28.4 Å². The van der Waals surface area contributed by atoms with Crippen LogP contribution in [0.3, 0.4) is 0 Å². The lowest BCUT2D eigenvalue weighted by Gasteiger charge is -2.10. The van der Waals surface area contributed by atoms with Gasteiger partial charge in [0.1, 0.15) is 5.82 Å². The number of thioether (sulfide) groups is 1. The van der Waals surface area contributed by atoms with Gasteiger partial charge >= 0.3 is 0 Å². The molecule has 0 aromatic heterocycles. The van der Waals surface area contributed by atoms with Crippen LogP contribution >= 0.6 is 27.7 Å². The Kier molecular flexibility index (Phi) is 4.67. The largest absolute Gasteiger partial charge is 0.311 e. The smallest absolute Gasteiger partial charge is 0.127 e. The van der Waals surface area contributed by atoms with Crippen LogP contribution in [0.2, 0.25) is 0 Å². The highest BCUT2D eigenvalue weighted by Crippen LogP contribution is 2.25. The van der Waals surface area contributed by atoms with Crippen LogP contribution in [-0.2, 0) is 6.54 Å². The van der Waals surface area contributed by atoms with E-state index in [4.69, 9.17) is 0 Å². The van der Waals surface area contributed by atoms with E-state index < -0.39 is 0 Å². The maximum Gasteiger partial charge on any atom is 0.127 e. The van der Waals surface area contributed by atoms with Crippen molar-refractivity contribution in [2.24, 2.45) is 0 Å². The lowest BCUT2D eigenvalue weighted by Crippen LogP contribution is -2.23. The highest BCUT2D eigenvalue weighted by Gasteiger charge is 2.14. The summed E-state index contributed by atoms with van der Waals surface area (Å²) < 4.78 is 14.3. The molecule has 1 unspecified atom stereocenters. The molecule has 1 atom stereocenters. The summed E-state index contributed by atoms with van der Waals surface area (Å²) in [7, 11) is 0. The Morgan fingerprint density at radius 2 is 2.38 bits per heavy atom. The first-order chi connectivity index (χ1) is 7.75. The van der Waals surface area contributed by atoms with Gasteiger partial charge in [-0.3, -0.25) is 0 Å². The van der Waals surface area contributed by atoms with Gasteiger partial charge in [0.15, 0.2) is 0 Å². The number of halogens is 2. The molecule has 0 aliphatic carbocycles. The van der Waals surface area contributed by atoms with Crippen molar-refractivity contribution in [1.29, 1.82) is 0 Å². The van der Waals surface area contributed by atoms with Crippen LogP contribution in [0.5, 0.6) is 0 Å². The van der Waals surface area contributed by atoms with Crippen LogP contribution in [0.1, 0.15) is 18.4 Å². The van der Waals surface area contributed by atoms with Gasteiger partial charge in [0.05, 0.1) is 0 Å². The Hall–Kier alpha value is -0.0600. The molecule has 1 saturated heterocycles. The molecular formula is C12H15BrFNS. The summed E-state index contributed by atoms with van der Waals surface area (Å²) >= 11 is 5.38. The number of nitrogens with one attached hydrogen (secondary N) is 1. The van der Waals surface area contributed by atoms with E-state index in [0.29, 0.717) is 6.54 Å². The van der Waals surface area contributed by atoms with Gasteiger partial charge in [-0.05, 0) is 36.8 Å². The second-order valence-electron chi connectivity index (χ2n) is 4.00. The monoisotopic (exact) mass is 303 g/mol. The summed E-state index contributed by atoms with van der Waals surface area (Å²) in [5, 5.41) is 4.05. The third kappa shape index (κ3) is 3.47. The zero-order valence-corrected chi connectivity index (χ0v) is 11.4. The minimum atomic E-state index is -0.130. The fourth-order valence-electron chi connectivity index (χ4n) is 1.85. The molecule has 1 N–H and O–H groups in total. The van der Waals surface area contributed by atoms with E-state index in [0.717, 1.165) is 21.8 Å². The van der Waals surface area contributed by atoms with Crippen molar-refractivity contribution >= 4 is 27.7 Å². The van der Waals surface area contributed by atoms with Crippen LogP contribution in [0.15, 0.2) is 22.7 Å². The molecule has 1 aromatic rings. The molecule has 1 heterocycles. The van der Waals surface area contributed by atoms with E-state index in [9.17, 15) is 4.39 Å². The van der Waals surface area contributed by atoms with Gasteiger partial charge in [-0.25, -0.2) is 4.39 Å². The van der Waals surface area contributed by atoms with E-state index in [1.54, 1.807) is 6.07 Å². The average molecular weight is 304 g/mol. The van der Waals surface area contributed by atoms with E-state index in [-0.39, 0.29) is 5.82 Å². The SMILES string of the molecule is Fc1ccc(Br)cc1CNCC1CCCS1. The fourth-order valence-corrected chi connectivity index (χ4v) is 3.50. The van der Waals surface area contributed by atoms with E-state index in [1.807, 2.05) is 17.8 Å². The minimum Gasteiger partial charge on any atom is -0.311 e. The Bertz CT molecular complexity index is 353. The topological polar surface area (TPSA) is 12.0 Å².